The third-order valence-electron chi connectivity index (χ3n) is 3.51. The van der Waals surface area contributed by atoms with Gasteiger partial charge in [0.2, 0.25) is 0 Å². The summed E-state index contributed by atoms with van der Waals surface area (Å²) in [6.07, 6.45) is 5.12. The average Bonchev–Trinajstić information content (AvgIpc) is 3.01. The highest BCUT2D eigenvalue weighted by Crippen LogP contribution is 2.22. The van der Waals surface area contributed by atoms with E-state index in [1.54, 1.807) is 0 Å². The van der Waals surface area contributed by atoms with Crippen LogP contribution in [0.4, 0.5) is 11.4 Å². The largest absolute Gasteiger partial charge is 0.372 e. The van der Waals surface area contributed by atoms with E-state index in [2.05, 4.69) is 39.8 Å². The van der Waals surface area contributed by atoms with Crippen molar-refractivity contribution in [2.45, 2.75) is 31.7 Å². The summed E-state index contributed by atoms with van der Waals surface area (Å²) in [4.78, 5) is 2.44. The van der Waals surface area contributed by atoms with Crippen molar-refractivity contribution < 1.29 is 0 Å². The van der Waals surface area contributed by atoms with Crippen LogP contribution in [0.5, 0.6) is 0 Å². The van der Waals surface area contributed by atoms with Gasteiger partial charge in [-0.1, -0.05) is 0 Å². The summed E-state index contributed by atoms with van der Waals surface area (Å²) < 4.78 is 0. The maximum absolute atomic E-state index is 5.26. The maximum Gasteiger partial charge on any atom is 0.170 e. The fraction of sp³-hybridized carbons (Fsp3) is 0.500. The molecule has 3 nitrogen and oxygen atoms in total. The number of hydrogen-bond acceptors (Lipinski definition) is 2. The van der Waals surface area contributed by atoms with Crippen molar-refractivity contribution in [1.82, 2.24) is 5.32 Å². The molecule has 4 heteroatoms. The van der Waals surface area contributed by atoms with Gasteiger partial charge in [-0.05, 0) is 62.2 Å². The molecule has 0 radical (unpaired) electrons. The van der Waals surface area contributed by atoms with E-state index in [9.17, 15) is 0 Å². The van der Waals surface area contributed by atoms with E-state index < -0.39 is 0 Å². The van der Waals surface area contributed by atoms with Crippen molar-refractivity contribution in [2.75, 3.05) is 23.3 Å². The van der Waals surface area contributed by atoms with Crippen LogP contribution in [0.2, 0.25) is 0 Å². The van der Waals surface area contributed by atoms with Crippen molar-refractivity contribution >= 4 is 28.7 Å². The summed E-state index contributed by atoms with van der Waals surface area (Å²) in [5.74, 6) is 0. The standard InChI is InChI=1S/C14H19N3S/c18-14(15-11-3-4-11)16-12-5-7-13(8-6-12)17-9-1-2-10-17/h5-8,11H,1-4,9-10H2,(H2,15,16,18). The fourth-order valence-corrected chi connectivity index (χ4v) is 2.60. The Kier molecular flexibility index (Phi) is 3.37. The SMILES string of the molecule is S=C(Nc1ccc(N2CCCC2)cc1)NC1CC1. The zero-order valence-corrected chi connectivity index (χ0v) is 11.3. The van der Waals surface area contributed by atoms with Gasteiger partial charge >= 0.3 is 0 Å². The van der Waals surface area contributed by atoms with Crippen LogP contribution in [-0.2, 0) is 0 Å². The lowest BCUT2D eigenvalue weighted by Crippen LogP contribution is -2.30. The molecule has 2 fully saturated rings. The van der Waals surface area contributed by atoms with Crippen molar-refractivity contribution in [2.24, 2.45) is 0 Å². The molecule has 2 N–H and O–H groups in total. The van der Waals surface area contributed by atoms with E-state index in [1.807, 2.05) is 0 Å². The first-order valence-corrected chi connectivity index (χ1v) is 7.14. The van der Waals surface area contributed by atoms with E-state index in [1.165, 1.54) is 44.5 Å². The van der Waals surface area contributed by atoms with Crippen LogP contribution in [0.3, 0.4) is 0 Å². The molecule has 0 bridgehead atoms. The van der Waals surface area contributed by atoms with Crippen molar-refractivity contribution in [3.05, 3.63) is 24.3 Å². The van der Waals surface area contributed by atoms with Gasteiger partial charge in [-0.15, -0.1) is 0 Å². The molecule has 3 rings (SSSR count). The Hall–Kier alpha value is -1.29. The second-order valence-electron chi connectivity index (χ2n) is 5.11. The minimum Gasteiger partial charge on any atom is -0.372 e. The van der Waals surface area contributed by atoms with Gasteiger partial charge in [0, 0.05) is 30.5 Å². The molecule has 1 aromatic carbocycles. The van der Waals surface area contributed by atoms with E-state index in [0.29, 0.717) is 6.04 Å². The van der Waals surface area contributed by atoms with Crippen LogP contribution in [0.15, 0.2) is 24.3 Å². The number of anilines is 2. The van der Waals surface area contributed by atoms with Crippen LogP contribution >= 0.6 is 12.2 Å². The number of rotatable bonds is 3. The number of nitrogens with one attached hydrogen (secondary N) is 2. The molecule has 1 aliphatic heterocycles. The molecule has 1 saturated carbocycles. The summed E-state index contributed by atoms with van der Waals surface area (Å²) in [7, 11) is 0. The lowest BCUT2D eigenvalue weighted by atomic mass is 10.2. The third kappa shape index (κ3) is 2.93. The van der Waals surface area contributed by atoms with Crippen molar-refractivity contribution in [3.63, 3.8) is 0 Å². The lowest BCUT2D eigenvalue weighted by molar-refractivity contribution is 0.919. The monoisotopic (exact) mass is 261 g/mol. The Morgan fingerprint density at radius 1 is 1.11 bits per heavy atom. The Morgan fingerprint density at radius 3 is 2.39 bits per heavy atom. The molecule has 18 heavy (non-hydrogen) atoms. The molecule has 0 spiro atoms. The molecule has 0 unspecified atom stereocenters. The van der Waals surface area contributed by atoms with Gasteiger partial charge in [-0.3, -0.25) is 0 Å². The zero-order chi connectivity index (χ0) is 12.4. The summed E-state index contributed by atoms with van der Waals surface area (Å²) in [5.41, 5.74) is 2.38. The van der Waals surface area contributed by atoms with E-state index in [-0.39, 0.29) is 0 Å². The maximum atomic E-state index is 5.26. The summed E-state index contributed by atoms with van der Waals surface area (Å²) in [5, 5.41) is 7.26. The first-order valence-electron chi connectivity index (χ1n) is 6.74. The highest BCUT2D eigenvalue weighted by atomic mass is 32.1. The summed E-state index contributed by atoms with van der Waals surface area (Å²) in [6.45, 7) is 2.38. The van der Waals surface area contributed by atoms with Crippen LogP contribution < -0.4 is 15.5 Å². The van der Waals surface area contributed by atoms with Crippen molar-refractivity contribution in [3.8, 4) is 0 Å². The minimum atomic E-state index is 0.605. The molecule has 2 aliphatic rings. The van der Waals surface area contributed by atoms with Crippen LogP contribution in [0, 0.1) is 0 Å². The topological polar surface area (TPSA) is 27.3 Å². The Morgan fingerprint density at radius 2 is 1.78 bits per heavy atom. The smallest absolute Gasteiger partial charge is 0.170 e. The van der Waals surface area contributed by atoms with Gasteiger partial charge in [0.15, 0.2) is 5.11 Å². The zero-order valence-electron chi connectivity index (χ0n) is 10.5. The van der Waals surface area contributed by atoms with Crippen LogP contribution in [0.1, 0.15) is 25.7 Å². The average molecular weight is 261 g/mol. The van der Waals surface area contributed by atoms with E-state index in [4.69, 9.17) is 12.2 Å². The second kappa shape index (κ2) is 5.14. The lowest BCUT2D eigenvalue weighted by Gasteiger charge is -2.18. The van der Waals surface area contributed by atoms with Gasteiger partial charge < -0.3 is 15.5 Å². The molecular formula is C14H19N3S. The van der Waals surface area contributed by atoms with Crippen molar-refractivity contribution in [1.29, 1.82) is 0 Å². The second-order valence-corrected chi connectivity index (χ2v) is 5.52. The third-order valence-corrected chi connectivity index (χ3v) is 3.73. The molecule has 0 amide bonds. The Balaban J connectivity index is 1.57. The van der Waals surface area contributed by atoms with Gasteiger partial charge in [0.25, 0.3) is 0 Å². The molecule has 0 aromatic heterocycles. The van der Waals surface area contributed by atoms with E-state index >= 15 is 0 Å². The number of thiocarbonyl (C=S) groups is 1. The van der Waals surface area contributed by atoms with E-state index in [0.717, 1.165) is 10.8 Å². The van der Waals surface area contributed by atoms with Crippen LogP contribution in [-0.4, -0.2) is 24.2 Å². The molecule has 96 valence electrons. The highest BCUT2D eigenvalue weighted by Gasteiger charge is 2.21. The highest BCUT2D eigenvalue weighted by molar-refractivity contribution is 7.80. The van der Waals surface area contributed by atoms with Gasteiger partial charge in [0.05, 0.1) is 0 Å². The first kappa shape index (κ1) is 11.8. The quantitative estimate of drug-likeness (QED) is 0.818. The number of hydrogen-bond donors (Lipinski definition) is 2. The normalized spacial score (nSPS) is 18.8. The van der Waals surface area contributed by atoms with Gasteiger partial charge in [-0.2, -0.15) is 0 Å². The Labute approximate surface area is 114 Å². The molecule has 0 atom stereocenters. The van der Waals surface area contributed by atoms with Gasteiger partial charge in [0.1, 0.15) is 0 Å². The Bertz CT molecular complexity index is 419. The minimum absolute atomic E-state index is 0.605. The fourth-order valence-electron chi connectivity index (χ4n) is 2.31. The molecule has 1 aliphatic carbocycles. The molecular weight excluding hydrogens is 242 g/mol. The van der Waals surface area contributed by atoms with Gasteiger partial charge in [-0.25, -0.2) is 0 Å². The predicted molar refractivity (Wildman–Crippen MR) is 80.3 cm³/mol. The predicted octanol–water partition coefficient (Wildman–Crippen LogP) is 2.74. The summed E-state index contributed by atoms with van der Waals surface area (Å²) >= 11 is 5.26. The number of nitrogens with zero attached hydrogens (tertiary/aromatic N) is 1. The first-order chi connectivity index (χ1) is 8.81. The molecule has 1 heterocycles. The molecule has 1 aromatic rings. The number of benzene rings is 1. The van der Waals surface area contributed by atoms with Crippen LogP contribution in [0.25, 0.3) is 0 Å². The summed E-state index contributed by atoms with van der Waals surface area (Å²) in [6, 6.07) is 9.16. The molecule has 1 saturated heterocycles.